The number of carbonyl (C=O) groups is 1. The predicted octanol–water partition coefficient (Wildman–Crippen LogP) is 1.46. The molecule has 108 valence electrons. The third kappa shape index (κ3) is 2.54. The highest BCUT2D eigenvalue weighted by Gasteiger charge is 2.49. The molecule has 0 aliphatic heterocycles. The average molecular weight is 298 g/mol. The van der Waals surface area contributed by atoms with Gasteiger partial charge >= 0.3 is 0 Å². The van der Waals surface area contributed by atoms with Crippen LogP contribution in [0.25, 0.3) is 0 Å². The lowest BCUT2D eigenvalue weighted by molar-refractivity contribution is -0.121. The van der Waals surface area contributed by atoms with Crippen LogP contribution < -0.4 is 4.72 Å². The standard InChI is InChI=1S/C13H15FN2O3S/c14-9-4-5-12(15-7-9)20(18,19)16-13(17)11-6-10(11)8-2-1-3-8/h4-5,7-8,10-11H,1-3,6H2,(H,16,17)/t10-,11+/m0/s1. The van der Waals surface area contributed by atoms with Crippen molar-refractivity contribution < 1.29 is 17.6 Å². The molecule has 7 heteroatoms. The van der Waals surface area contributed by atoms with E-state index >= 15 is 0 Å². The summed E-state index contributed by atoms with van der Waals surface area (Å²) < 4.78 is 38.6. The average Bonchev–Trinajstić information content (AvgIpc) is 3.07. The Labute approximate surface area is 116 Å². The topological polar surface area (TPSA) is 76.1 Å². The molecule has 0 saturated heterocycles. The molecular formula is C13H15FN2O3S. The SMILES string of the molecule is O=C(NS(=O)(=O)c1ccc(F)cn1)[C@@H]1C[C@H]1C1CCC1. The van der Waals surface area contributed by atoms with Crippen LogP contribution in [0.3, 0.4) is 0 Å². The van der Waals surface area contributed by atoms with Gasteiger partial charge in [-0.05, 0) is 30.4 Å². The van der Waals surface area contributed by atoms with Crippen LogP contribution in [-0.4, -0.2) is 19.3 Å². The highest BCUT2D eigenvalue weighted by Crippen LogP contribution is 2.51. The van der Waals surface area contributed by atoms with Crippen LogP contribution in [0.4, 0.5) is 4.39 Å². The number of hydrogen-bond acceptors (Lipinski definition) is 4. The van der Waals surface area contributed by atoms with Crippen LogP contribution >= 0.6 is 0 Å². The molecule has 20 heavy (non-hydrogen) atoms. The van der Waals surface area contributed by atoms with Gasteiger partial charge in [-0.1, -0.05) is 19.3 Å². The van der Waals surface area contributed by atoms with Crippen molar-refractivity contribution in [2.45, 2.75) is 30.7 Å². The fraction of sp³-hybridized carbons (Fsp3) is 0.538. The van der Waals surface area contributed by atoms with Gasteiger partial charge in [-0.15, -0.1) is 0 Å². The van der Waals surface area contributed by atoms with Gasteiger partial charge in [-0.25, -0.2) is 14.1 Å². The monoisotopic (exact) mass is 298 g/mol. The fourth-order valence-corrected chi connectivity index (χ4v) is 3.65. The van der Waals surface area contributed by atoms with Crippen molar-refractivity contribution in [3.63, 3.8) is 0 Å². The van der Waals surface area contributed by atoms with Crippen molar-refractivity contribution in [3.05, 3.63) is 24.1 Å². The number of rotatable bonds is 4. The summed E-state index contributed by atoms with van der Waals surface area (Å²) in [5.41, 5.74) is 0. The maximum absolute atomic E-state index is 12.7. The number of amides is 1. The molecule has 0 unspecified atom stereocenters. The maximum atomic E-state index is 12.7. The molecule has 2 fully saturated rings. The molecule has 0 spiro atoms. The van der Waals surface area contributed by atoms with Gasteiger partial charge in [0.25, 0.3) is 10.0 Å². The molecule has 2 saturated carbocycles. The van der Waals surface area contributed by atoms with Gasteiger partial charge in [0.1, 0.15) is 5.82 Å². The number of pyridine rings is 1. The van der Waals surface area contributed by atoms with Crippen molar-refractivity contribution in [2.24, 2.45) is 17.8 Å². The van der Waals surface area contributed by atoms with Gasteiger partial charge in [0.2, 0.25) is 5.91 Å². The number of halogens is 1. The van der Waals surface area contributed by atoms with Crippen LogP contribution in [0.1, 0.15) is 25.7 Å². The second-order valence-electron chi connectivity index (χ2n) is 5.48. The first-order chi connectivity index (χ1) is 9.47. The van der Waals surface area contributed by atoms with Crippen molar-refractivity contribution in [3.8, 4) is 0 Å². The number of hydrogen-bond donors (Lipinski definition) is 1. The molecule has 3 rings (SSSR count). The van der Waals surface area contributed by atoms with E-state index < -0.39 is 21.7 Å². The Bertz CT molecular complexity index is 626. The van der Waals surface area contributed by atoms with E-state index in [4.69, 9.17) is 0 Å². The van der Waals surface area contributed by atoms with Crippen molar-refractivity contribution >= 4 is 15.9 Å². The van der Waals surface area contributed by atoms with Crippen molar-refractivity contribution in [1.82, 2.24) is 9.71 Å². The van der Waals surface area contributed by atoms with Gasteiger partial charge < -0.3 is 0 Å². The van der Waals surface area contributed by atoms with Crippen molar-refractivity contribution in [1.29, 1.82) is 0 Å². The molecule has 0 bridgehead atoms. The van der Waals surface area contributed by atoms with E-state index in [2.05, 4.69) is 4.98 Å². The highest BCUT2D eigenvalue weighted by molar-refractivity contribution is 7.90. The molecule has 2 aliphatic rings. The Morgan fingerprint density at radius 3 is 2.65 bits per heavy atom. The summed E-state index contributed by atoms with van der Waals surface area (Å²) in [6.07, 6.45) is 5.06. The molecule has 0 aromatic carbocycles. The molecule has 1 aromatic rings. The summed E-state index contributed by atoms with van der Waals surface area (Å²) in [4.78, 5) is 15.4. The predicted molar refractivity (Wildman–Crippen MR) is 68.5 cm³/mol. The second kappa shape index (κ2) is 4.80. The molecular weight excluding hydrogens is 283 g/mol. The fourth-order valence-electron chi connectivity index (χ4n) is 2.69. The second-order valence-corrected chi connectivity index (χ2v) is 7.11. The molecule has 1 N–H and O–H groups in total. The van der Waals surface area contributed by atoms with Gasteiger partial charge in [0, 0.05) is 5.92 Å². The lowest BCUT2D eigenvalue weighted by Crippen LogP contribution is -2.33. The minimum Gasteiger partial charge on any atom is -0.274 e. The summed E-state index contributed by atoms with van der Waals surface area (Å²) in [5.74, 6) is -0.372. The lowest BCUT2D eigenvalue weighted by Gasteiger charge is -2.25. The third-order valence-electron chi connectivity index (χ3n) is 4.14. The van der Waals surface area contributed by atoms with Gasteiger partial charge in [0.15, 0.2) is 5.03 Å². The van der Waals surface area contributed by atoms with E-state index in [-0.39, 0.29) is 10.9 Å². The van der Waals surface area contributed by atoms with E-state index in [1.165, 1.54) is 6.42 Å². The number of aromatic nitrogens is 1. The van der Waals surface area contributed by atoms with Crippen LogP contribution in [0.5, 0.6) is 0 Å². The molecule has 1 heterocycles. The zero-order chi connectivity index (χ0) is 14.3. The zero-order valence-corrected chi connectivity index (χ0v) is 11.6. The number of nitrogens with zero attached hydrogens (tertiary/aromatic N) is 1. The van der Waals surface area contributed by atoms with E-state index in [1.807, 2.05) is 4.72 Å². The minimum atomic E-state index is -4.00. The highest BCUT2D eigenvalue weighted by atomic mass is 32.2. The Balaban J connectivity index is 1.64. The number of nitrogens with one attached hydrogen (secondary N) is 1. The first-order valence-corrected chi connectivity index (χ1v) is 8.14. The van der Waals surface area contributed by atoms with Gasteiger partial charge in [-0.2, -0.15) is 8.42 Å². The van der Waals surface area contributed by atoms with E-state index in [0.717, 1.165) is 37.6 Å². The summed E-state index contributed by atoms with van der Waals surface area (Å²) in [7, 11) is -4.00. The summed E-state index contributed by atoms with van der Waals surface area (Å²) in [6.45, 7) is 0. The minimum absolute atomic E-state index is 0.199. The molecule has 1 aromatic heterocycles. The Morgan fingerprint density at radius 1 is 1.35 bits per heavy atom. The van der Waals surface area contributed by atoms with E-state index in [0.29, 0.717) is 11.8 Å². The van der Waals surface area contributed by atoms with Gasteiger partial charge in [0.05, 0.1) is 6.20 Å². The van der Waals surface area contributed by atoms with Gasteiger partial charge in [-0.3, -0.25) is 4.79 Å². The van der Waals surface area contributed by atoms with Crippen LogP contribution in [-0.2, 0) is 14.8 Å². The quantitative estimate of drug-likeness (QED) is 0.913. The number of carbonyl (C=O) groups excluding carboxylic acids is 1. The Hall–Kier alpha value is -1.50. The smallest absolute Gasteiger partial charge is 0.274 e. The van der Waals surface area contributed by atoms with E-state index in [1.54, 1.807) is 0 Å². The molecule has 0 radical (unpaired) electrons. The summed E-state index contributed by atoms with van der Waals surface area (Å²) >= 11 is 0. The Kier molecular flexibility index (Phi) is 3.24. The largest absolute Gasteiger partial charge is 0.281 e. The molecule has 2 aliphatic carbocycles. The lowest BCUT2D eigenvalue weighted by atomic mass is 9.81. The molecule has 5 nitrogen and oxygen atoms in total. The first kappa shape index (κ1) is 13.5. The first-order valence-electron chi connectivity index (χ1n) is 6.65. The summed E-state index contributed by atoms with van der Waals surface area (Å²) in [5, 5.41) is -0.340. The van der Waals surface area contributed by atoms with Crippen LogP contribution in [0, 0.1) is 23.6 Å². The number of sulfonamides is 1. The van der Waals surface area contributed by atoms with Crippen LogP contribution in [0.15, 0.2) is 23.4 Å². The zero-order valence-electron chi connectivity index (χ0n) is 10.8. The van der Waals surface area contributed by atoms with E-state index in [9.17, 15) is 17.6 Å². The van der Waals surface area contributed by atoms with Crippen molar-refractivity contribution in [2.75, 3.05) is 0 Å². The van der Waals surface area contributed by atoms with Crippen LogP contribution in [0.2, 0.25) is 0 Å². The molecule has 2 atom stereocenters. The Morgan fingerprint density at radius 2 is 2.10 bits per heavy atom. The third-order valence-corrected chi connectivity index (χ3v) is 5.40. The molecule has 1 amide bonds. The maximum Gasteiger partial charge on any atom is 0.281 e. The normalized spacial score (nSPS) is 25.9. The summed E-state index contributed by atoms with van der Waals surface area (Å²) in [6, 6.07) is 2.04.